The molecule has 2 N–H and O–H groups in total. The van der Waals surface area contributed by atoms with Crippen LogP contribution >= 0.6 is 15.9 Å². The summed E-state index contributed by atoms with van der Waals surface area (Å²) in [5.41, 5.74) is 1.59. The Bertz CT molecular complexity index is 557. The predicted octanol–water partition coefficient (Wildman–Crippen LogP) is 3.61. The van der Waals surface area contributed by atoms with E-state index in [2.05, 4.69) is 44.2 Å². The number of nitrogens with one attached hydrogen (secondary N) is 2. The van der Waals surface area contributed by atoms with E-state index in [0.29, 0.717) is 5.56 Å². The Balaban J connectivity index is 2.20. The van der Waals surface area contributed by atoms with E-state index >= 15 is 0 Å². The number of imidazole rings is 1. The number of anilines is 1. The van der Waals surface area contributed by atoms with Crippen molar-refractivity contribution in [2.24, 2.45) is 0 Å². The lowest BCUT2D eigenvalue weighted by molar-refractivity contribution is 0.703. The fourth-order valence-electron chi connectivity index (χ4n) is 1.72. The molecule has 0 amide bonds. The number of halogens is 1. The average Bonchev–Trinajstić information content (AvgIpc) is 2.91. The van der Waals surface area contributed by atoms with Gasteiger partial charge in [0.15, 0.2) is 0 Å². The van der Waals surface area contributed by atoms with Gasteiger partial charge in [-0.3, -0.25) is 0 Å². The molecule has 0 spiro atoms. The van der Waals surface area contributed by atoms with Gasteiger partial charge in [0.2, 0.25) is 0 Å². The molecule has 1 aromatic heterocycles. The second kappa shape index (κ2) is 5.69. The summed E-state index contributed by atoms with van der Waals surface area (Å²) in [6.45, 7) is 2.09. The molecule has 18 heavy (non-hydrogen) atoms. The third-order valence-electron chi connectivity index (χ3n) is 2.69. The standard InChI is InChI=1S/C13H13BrN4/c1-2-11(13-16-5-6-17-13)18-12-4-3-9(8-15)7-10(12)14/h3-7,11,18H,2H2,1H3,(H,16,17). The third-order valence-corrected chi connectivity index (χ3v) is 3.34. The van der Waals surface area contributed by atoms with Gasteiger partial charge in [-0.25, -0.2) is 4.98 Å². The fraction of sp³-hybridized carbons (Fsp3) is 0.231. The molecule has 2 rings (SSSR count). The number of rotatable bonds is 4. The number of nitrogens with zero attached hydrogens (tertiary/aromatic N) is 2. The molecule has 0 saturated heterocycles. The SMILES string of the molecule is CCC(Nc1ccc(C#N)cc1Br)c1ncc[nH]1. The zero-order valence-electron chi connectivity index (χ0n) is 9.94. The van der Waals surface area contributed by atoms with Crippen LogP contribution in [-0.2, 0) is 0 Å². The Morgan fingerprint density at radius 1 is 1.56 bits per heavy atom. The molecular weight excluding hydrogens is 292 g/mol. The molecule has 0 fully saturated rings. The van der Waals surface area contributed by atoms with Gasteiger partial charge >= 0.3 is 0 Å². The van der Waals surface area contributed by atoms with E-state index < -0.39 is 0 Å². The highest BCUT2D eigenvalue weighted by Gasteiger charge is 2.12. The topological polar surface area (TPSA) is 64.5 Å². The minimum atomic E-state index is 0.129. The summed E-state index contributed by atoms with van der Waals surface area (Å²) < 4.78 is 0.881. The van der Waals surface area contributed by atoms with Crippen molar-refractivity contribution < 1.29 is 0 Å². The summed E-state index contributed by atoms with van der Waals surface area (Å²) in [6, 6.07) is 7.74. The Morgan fingerprint density at radius 2 is 2.39 bits per heavy atom. The van der Waals surface area contributed by atoms with E-state index in [4.69, 9.17) is 5.26 Å². The smallest absolute Gasteiger partial charge is 0.128 e. The van der Waals surface area contributed by atoms with Gasteiger partial charge < -0.3 is 10.3 Å². The summed E-state index contributed by atoms with van der Waals surface area (Å²) in [6.07, 6.45) is 4.47. The zero-order chi connectivity index (χ0) is 13.0. The van der Waals surface area contributed by atoms with Crippen LogP contribution in [0.25, 0.3) is 0 Å². The molecule has 1 heterocycles. The predicted molar refractivity (Wildman–Crippen MR) is 74.1 cm³/mol. The lowest BCUT2D eigenvalue weighted by atomic mass is 10.1. The van der Waals surface area contributed by atoms with Crippen LogP contribution in [0.4, 0.5) is 5.69 Å². The highest BCUT2D eigenvalue weighted by atomic mass is 79.9. The van der Waals surface area contributed by atoms with E-state index in [9.17, 15) is 0 Å². The molecule has 5 heteroatoms. The molecule has 1 atom stereocenters. The quantitative estimate of drug-likeness (QED) is 0.907. The van der Waals surface area contributed by atoms with Crippen molar-refractivity contribution in [1.29, 1.82) is 5.26 Å². The summed E-state index contributed by atoms with van der Waals surface area (Å²) in [4.78, 5) is 7.37. The molecule has 92 valence electrons. The summed E-state index contributed by atoms with van der Waals surface area (Å²) in [5.74, 6) is 0.911. The maximum Gasteiger partial charge on any atom is 0.128 e. The Morgan fingerprint density at radius 3 is 2.94 bits per heavy atom. The third kappa shape index (κ3) is 2.71. The van der Waals surface area contributed by atoms with Crippen molar-refractivity contribution in [3.05, 3.63) is 46.5 Å². The van der Waals surface area contributed by atoms with Gasteiger partial charge in [0.25, 0.3) is 0 Å². The van der Waals surface area contributed by atoms with Crippen LogP contribution in [0.2, 0.25) is 0 Å². The fourth-order valence-corrected chi connectivity index (χ4v) is 2.21. The molecule has 0 aliphatic carbocycles. The molecule has 1 unspecified atom stereocenters. The maximum atomic E-state index is 8.82. The van der Waals surface area contributed by atoms with Crippen LogP contribution in [0.5, 0.6) is 0 Å². The molecule has 0 saturated carbocycles. The van der Waals surface area contributed by atoms with E-state index in [0.717, 1.165) is 22.4 Å². The average molecular weight is 305 g/mol. The molecular formula is C13H13BrN4. The minimum absolute atomic E-state index is 0.129. The lowest BCUT2D eigenvalue weighted by Crippen LogP contribution is -2.11. The number of benzene rings is 1. The highest BCUT2D eigenvalue weighted by Crippen LogP contribution is 2.27. The molecule has 0 aliphatic rings. The first-order valence-corrected chi connectivity index (χ1v) is 6.49. The number of nitriles is 1. The number of aromatic nitrogens is 2. The summed E-state index contributed by atoms with van der Waals surface area (Å²) in [5, 5.41) is 12.2. The van der Waals surface area contributed by atoms with E-state index in [1.807, 2.05) is 12.3 Å². The van der Waals surface area contributed by atoms with Crippen molar-refractivity contribution in [2.75, 3.05) is 5.32 Å². The van der Waals surface area contributed by atoms with Crippen molar-refractivity contribution in [3.63, 3.8) is 0 Å². The zero-order valence-corrected chi connectivity index (χ0v) is 11.5. The normalized spacial score (nSPS) is 11.8. The number of hydrogen-bond acceptors (Lipinski definition) is 3. The van der Waals surface area contributed by atoms with Crippen molar-refractivity contribution in [2.45, 2.75) is 19.4 Å². The molecule has 0 aliphatic heterocycles. The van der Waals surface area contributed by atoms with Crippen LogP contribution in [-0.4, -0.2) is 9.97 Å². The van der Waals surface area contributed by atoms with E-state index in [1.165, 1.54) is 0 Å². The second-order valence-corrected chi connectivity index (χ2v) is 4.74. The van der Waals surface area contributed by atoms with Crippen LogP contribution in [0.15, 0.2) is 35.1 Å². The Kier molecular flexibility index (Phi) is 4.00. The van der Waals surface area contributed by atoms with Crippen molar-refractivity contribution in [1.82, 2.24) is 9.97 Å². The first-order chi connectivity index (χ1) is 8.74. The largest absolute Gasteiger partial charge is 0.374 e. The number of aromatic amines is 1. The second-order valence-electron chi connectivity index (χ2n) is 3.89. The van der Waals surface area contributed by atoms with Gasteiger partial charge in [-0.1, -0.05) is 6.92 Å². The van der Waals surface area contributed by atoms with Crippen LogP contribution in [0.3, 0.4) is 0 Å². The van der Waals surface area contributed by atoms with Crippen LogP contribution in [0, 0.1) is 11.3 Å². The van der Waals surface area contributed by atoms with Gasteiger partial charge in [-0.15, -0.1) is 0 Å². The first-order valence-electron chi connectivity index (χ1n) is 5.70. The Labute approximate surface area is 114 Å². The van der Waals surface area contributed by atoms with Gasteiger partial charge in [0, 0.05) is 22.6 Å². The van der Waals surface area contributed by atoms with Gasteiger partial charge in [-0.2, -0.15) is 5.26 Å². The first kappa shape index (κ1) is 12.7. The molecule has 4 nitrogen and oxygen atoms in total. The maximum absolute atomic E-state index is 8.82. The summed E-state index contributed by atoms with van der Waals surface area (Å²) >= 11 is 3.46. The van der Waals surface area contributed by atoms with E-state index in [1.54, 1.807) is 18.3 Å². The molecule has 0 bridgehead atoms. The lowest BCUT2D eigenvalue weighted by Gasteiger charge is -2.17. The molecule has 0 radical (unpaired) electrons. The van der Waals surface area contributed by atoms with Crippen molar-refractivity contribution in [3.8, 4) is 6.07 Å². The summed E-state index contributed by atoms with van der Waals surface area (Å²) in [7, 11) is 0. The molecule has 2 aromatic rings. The van der Waals surface area contributed by atoms with Gasteiger partial charge in [0.05, 0.1) is 17.7 Å². The number of hydrogen-bond donors (Lipinski definition) is 2. The molecule has 1 aromatic carbocycles. The Hall–Kier alpha value is -1.80. The minimum Gasteiger partial charge on any atom is -0.374 e. The van der Waals surface area contributed by atoms with Crippen molar-refractivity contribution >= 4 is 21.6 Å². The highest BCUT2D eigenvalue weighted by molar-refractivity contribution is 9.10. The van der Waals surface area contributed by atoms with Gasteiger partial charge in [0.1, 0.15) is 5.82 Å². The van der Waals surface area contributed by atoms with Gasteiger partial charge in [-0.05, 0) is 40.5 Å². The van der Waals surface area contributed by atoms with Crippen LogP contribution < -0.4 is 5.32 Å². The number of H-pyrrole nitrogens is 1. The van der Waals surface area contributed by atoms with E-state index in [-0.39, 0.29) is 6.04 Å². The van der Waals surface area contributed by atoms with Crippen LogP contribution in [0.1, 0.15) is 30.8 Å². The monoisotopic (exact) mass is 304 g/mol.